The SMILES string of the molecule is Cc1ccc(N(c2cccc3c2oc2c(-c4ccccc4)cccc23)c2c3ccccc3c(N(c3ccc([Si](C)(C)C)cc3)c3cccc4c3oc3c(-c5ccccc5)cccc34)c3c2oc2ccccc23)cc1. The van der Waals surface area contributed by atoms with Crippen LogP contribution in [0.2, 0.25) is 19.6 Å². The largest absolute Gasteiger partial charge is 0.454 e. The maximum atomic E-state index is 7.40. The molecule has 0 aliphatic carbocycles. The second-order valence-corrected chi connectivity index (χ2v) is 25.5. The van der Waals surface area contributed by atoms with Gasteiger partial charge in [-0.3, -0.25) is 0 Å². The number of nitrogens with zero attached hydrogens (tertiary/aromatic N) is 2. The summed E-state index contributed by atoms with van der Waals surface area (Å²) in [6, 6.07) is 82.4. The molecule has 0 atom stereocenters. The molecule has 5 nitrogen and oxygen atoms in total. The molecule has 74 heavy (non-hydrogen) atoms. The molecule has 3 aromatic heterocycles. The maximum absolute atomic E-state index is 7.40. The summed E-state index contributed by atoms with van der Waals surface area (Å²) >= 11 is 0. The zero-order valence-electron chi connectivity index (χ0n) is 41.6. The van der Waals surface area contributed by atoms with E-state index in [1.165, 1.54) is 10.8 Å². The summed E-state index contributed by atoms with van der Waals surface area (Å²) < 4.78 is 21.9. The number of fused-ring (bicyclic) bond motifs is 10. The van der Waals surface area contributed by atoms with Crippen LogP contribution in [0, 0.1) is 6.92 Å². The predicted molar refractivity (Wildman–Crippen MR) is 314 cm³/mol. The average molecular weight is 971 g/mol. The monoisotopic (exact) mass is 970 g/mol. The molecule has 0 radical (unpaired) electrons. The molecule has 0 fully saturated rings. The predicted octanol–water partition coefficient (Wildman–Crippen LogP) is 19.7. The van der Waals surface area contributed by atoms with Gasteiger partial charge in [-0.1, -0.05) is 218 Å². The zero-order valence-corrected chi connectivity index (χ0v) is 42.6. The minimum atomic E-state index is -1.67. The summed E-state index contributed by atoms with van der Waals surface area (Å²) in [5.41, 5.74) is 16.1. The highest BCUT2D eigenvalue weighted by Crippen LogP contribution is 2.56. The van der Waals surface area contributed by atoms with E-state index in [2.05, 4.69) is 267 Å². The first kappa shape index (κ1) is 43.7. The molecular weight excluding hydrogens is 921 g/mol. The topological polar surface area (TPSA) is 45.9 Å². The molecule has 354 valence electrons. The molecule has 0 bridgehead atoms. The van der Waals surface area contributed by atoms with Gasteiger partial charge >= 0.3 is 0 Å². The van der Waals surface area contributed by atoms with Crippen molar-refractivity contribution in [3.8, 4) is 22.3 Å². The summed E-state index contributed by atoms with van der Waals surface area (Å²) in [5.74, 6) is 0. The number of hydrogen-bond acceptors (Lipinski definition) is 5. The first-order valence-electron chi connectivity index (χ1n) is 25.4. The van der Waals surface area contributed by atoms with Gasteiger partial charge in [0.15, 0.2) is 16.7 Å². The van der Waals surface area contributed by atoms with E-state index in [1.807, 2.05) is 0 Å². The maximum Gasteiger partial charge on any atom is 0.162 e. The first-order chi connectivity index (χ1) is 36.3. The number of aryl methyl sites for hydroxylation is 1. The molecule has 3 heterocycles. The van der Waals surface area contributed by atoms with Crippen molar-refractivity contribution in [3.63, 3.8) is 0 Å². The van der Waals surface area contributed by atoms with Crippen molar-refractivity contribution in [2.45, 2.75) is 26.6 Å². The van der Waals surface area contributed by atoms with E-state index in [4.69, 9.17) is 13.3 Å². The van der Waals surface area contributed by atoms with E-state index in [-0.39, 0.29) is 0 Å². The van der Waals surface area contributed by atoms with Crippen molar-refractivity contribution >= 4 is 124 Å². The molecule has 0 spiro atoms. The van der Waals surface area contributed by atoms with E-state index >= 15 is 0 Å². The Kier molecular flexibility index (Phi) is 10.0. The van der Waals surface area contributed by atoms with Crippen molar-refractivity contribution in [3.05, 3.63) is 236 Å². The normalized spacial score (nSPS) is 12.1. The van der Waals surface area contributed by atoms with E-state index in [0.29, 0.717) is 0 Å². The minimum Gasteiger partial charge on any atom is -0.454 e. The molecule has 0 unspecified atom stereocenters. The average Bonchev–Trinajstić information content (AvgIpc) is 4.16. The number of anilines is 6. The fourth-order valence-corrected chi connectivity index (χ4v) is 12.5. The first-order valence-corrected chi connectivity index (χ1v) is 28.9. The summed E-state index contributed by atoms with van der Waals surface area (Å²) in [6.07, 6.45) is 0. The Morgan fingerprint density at radius 3 is 1.27 bits per heavy atom. The van der Waals surface area contributed by atoms with Crippen LogP contribution in [0.3, 0.4) is 0 Å². The number of hydrogen-bond donors (Lipinski definition) is 0. The van der Waals surface area contributed by atoms with Crippen LogP contribution in [0.5, 0.6) is 0 Å². The van der Waals surface area contributed by atoms with Crippen molar-refractivity contribution in [2.75, 3.05) is 9.80 Å². The lowest BCUT2D eigenvalue weighted by Crippen LogP contribution is -2.37. The van der Waals surface area contributed by atoms with Gasteiger partial charge < -0.3 is 23.1 Å². The lowest BCUT2D eigenvalue weighted by atomic mass is 9.97. The Labute approximate surface area is 429 Å². The van der Waals surface area contributed by atoms with Crippen LogP contribution in [0.4, 0.5) is 34.1 Å². The van der Waals surface area contributed by atoms with Crippen molar-refractivity contribution in [2.24, 2.45) is 0 Å². The van der Waals surface area contributed by atoms with Crippen LogP contribution in [0.25, 0.3) is 98.8 Å². The minimum absolute atomic E-state index is 0.755. The Morgan fingerprint density at radius 1 is 0.324 bits per heavy atom. The molecule has 0 aliphatic heterocycles. The van der Waals surface area contributed by atoms with Crippen molar-refractivity contribution in [1.82, 2.24) is 0 Å². The van der Waals surface area contributed by atoms with Gasteiger partial charge in [-0.05, 0) is 60.5 Å². The van der Waals surface area contributed by atoms with E-state index < -0.39 is 8.07 Å². The molecule has 0 N–H and O–H groups in total. The number of rotatable bonds is 9. The van der Waals surface area contributed by atoms with Gasteiger partial charge in [0.05, 0.1) is 36.2 Å². The van der Waals surface area contributed by atoms with Gasteiger partial charge in [0.1, 0.15) is 16.7 Å². The van der Waals surface area contributed by atoms with Crippen LogP contribution in [0.1, 0.15) is 5.56 Å². The summed E-state index contributed by atoms with van der Waals surface area (Å²) in [7, 11) is -1.67. The highest BCUT2D eigenvalue weighted by molar-refractivity contribution is 6.88. The third kappa shape index (κ3) is 6.90. The highest BCUT2D eigenvalue weighted by atomic mass is 28.3. The molecule has 11 aromatic carbocycles. The molecule has 14 aromatic rings. The number of benzene rings is 11. The Bertz CT molecular complexity index is 4470. The van der Waals surface area contributed by atoms with Crippen LogP contribution in [0.15, 0.2) is 244 Å². The highest BCUT2D eigenvalue weighted by Gasteiger charge is 2.32. The van der Waals surface area contributed by atoms with Crippen molar-refractivity contribution < 1.29 is 13.3 Å². The van der Waals surface area contributed by atoms with Crippen LogP contribution in [-0.2, 0) is 0 Å². The zero-order chi connectivity index (χ0) is 49.7. The lowest BCUT2D eigenvalue weighted by Gasteiger charge is -2.31. The molecule has 0 saturated heterocycles. The quantitative estimate of drug-likeness (QED) is 0.107. The van der Waals surface area contributed by atoms with E-state index in [1.54, 1.807) is 0 Å². The summed E-state index contributed by atoms with van der Waals surface area (Å²) in [6.45, 7) is 9.35. The molecule has 6 heteroatoms. The summed E-state index contributed by atoms with van der Waals surface area (Å²) in [4.78, 5) is 4.79. The molecule has 14 rings (SSSR count). The van der Waals surface area contributed by atoms with Crippen molar-refractivity contribution in [1.29, 1.82) is 0 Å². The van der Waals surface area contributed by atoms with Crippen LogP contribution in [-0.4, -0.2) is 8.07 Å². The summed E-state index contributed by atoms with van der Waals surface area (Å²) in [5, 5.41) is 9.67. The van der Waals surface area contributed by atoms with Gasteiger partial charge in [-0.2, -0.15) is 0 Å². The Balaban J connectivity index is 1.10. The number of furan rings is 3. The Hall–Kier alpha value is -9.10. The Morgan fingerprint density at radius 2 is 0.743 bits per heavy atom. The standard InChI is InChI=1S/C68H50N2O3Si/c1-43-35-37-46(38-36-43)70(59-33-18-31-56-54-29-16-27-50(65(54)73-67(56)59)45-21-9-6-10-22-45)63-52-24-12-11-23-51(52)62(61-57-25-13-14-34-60(57)71-68(61)63)69(47-39-41-48(42-40-47)74(2,3)4)58-32-17-30-55-53-28-15-26-49(64(53)72-66(55)58)44-19-7-5-8-20-44/h5-42H,1-4H3. The lowest BCUT2D eigenvalue weighted by molar-refractivity contribution is 0.667. The van der Waals surface area contributed by atoms with Gasteiger partial charge in [-0.15, -0.1) is 0 Å². The second kappa shape index (κ2) is 17.0. The fraction of sp³-hybridized carbons (Fsp3) is 0.0588. The molecule has 0 saturated carbocycles. The number of para-hydroxylation sites is 5. The smallest absolute Gasteiger partial charge is 0.162 e. The van der Waals surface area contributed by atoms with E-state index in [0.717, 1.165) is 133 Å². The third-order valence-electron chi connectivity index (χ3n) is 14.9. The van der Waals surface area contributed by atoms with Gasteiger partial charge in [0.25, 0.3) is 0 Å². The van der Waals surface area contributed by atoms with E-state index in [9.17, 15) is 0 Å². The van der Waals surface area contributed by atoms with Gasteiger partial charge in [0, 0.05) is 60.2 Å². The molecule has 0 amide bonds. The molecular formula is C68H50N2O3Si. The molecule has 0 aliphatic rings. The van der Waals surface area contributed by atoms with Crippen LogP contribution >= 0.6 is 0 Å². The third-order valence-corrected chi connectivity index (χ3v) is 16.9. The second-order valence-electron chi connectivity index (χ2n) is 20.5. The van der Waals surface area contributed by atoms with Gasteiger partial charge in [0.2, 0.25) is 0 Å². The van der Waals surface area contributed by atoms with Gasteiger partial charge in [-0.25, -0.2) is 0 Å². The fourth-order valence-electron chi connectivity index (χ4n) is 11.3. The van der Waals surface area contributed by atoms with Crippen LogP contribution < -0.4 is 15.0 Å².